The van der Waals surface area contributed by atoms with E-state index in [4.69, 9.17) is 9.15 Å². The number of carbonyl (C=O) groups excluding carboxylic acids is 1. The van der Waals surface area contributed by atoms with Gasteiger partial charge in [-0.05, 0) is 48.2 Å². The summed E-state index contributed by atoms with van der Waals surface area (Å²) in [6.07, 6.45) is 1.90. The topological polar surface area (TPSA) is 59.8 Å². The Morgan fingerprint density at radius 3 is 2.72 bits per heavy atom. The van der Waals surface area contributed by atoms with Crippen LogP contribution in [0.3, 0.4) is 0 Å². The lowest BCUT2D eigenvalue weighted by atomic mass is 10.0. The number of fused-ring (bicyclic) bond motifs is 2. The minimum Gasteiger partial charge on any atom is -0.451 e. The van der Waals surface area contributed by atoms with Crippen LogP contribution in [0, 0.1) is 6.92 Å². The SMILES string of the molecule is Cc1ccc2oc(C(=O)N(Cc3cccc4ccccc34)C[C@H]3CCCO3)cc(=O)c2c1. The van der Waals surface area contributed by atoms with E-state index in [2.05, 4.69) is 18.2 Å². The van der Waals surface area contributed by atoms with Crippen LogP contribution in [0.2, 0.25) is 0 Å². The highest BCUT2D eigenvalue weighted by Crippen LogP contribution is 2.23. The lowest BCUT2D eigenvalue weighted by Crippen LogP contribution is -2.37. The molecule has 0 saturated carbocycles. The summed E-state index contributed by atoms with van der Waals surface area (Å²) in [5.74, 6) is -0.238. The molecule has 5 heteroatoms. The van der Waals surface area contributed by atoms with Crippen LogP contribution in [-0.4, -0.2) is 30.1 Å². The van der Waals surface area contributed by atoms with Crippen LogP contribution >= 0.6 is 0 Å². The van der Waals surface area contributed by atoms with E-state index in [-0.39, 0.29) is 23.2 Å². The maximum Gasteiger partial charge on any atom is 0.290 e. The maximum absolute atomic E-state index is 13.6. The number of hydrogen-bond acceptors (Lipinski definition) is 4. The Kier molecular flexibility index (Phi) is 5.50. The van der Waals surface area contributed by atoms with Crippen molar-refractivity contribution in [2.45, 2.75) is 32.4 Å². The monoisotopic (exact) mass is 427 g/mol. The molecule has 162 valence electrons. The van der Waals surface area contributed by atoms with Crippen molar-refractivity contribution in [3.63, 3.8) is 0 Å². The van der Waals surface area contributed by atoms with Gasteiger partial charge in [-0.2, -0.15) is 0 Å². The molecule has 5 nitrogen and oxygen atoms in total. The number of nitrogens with zero attached hydrogens (tertiary/aromatic N) is 1. The van der Waals surface area contributed by atoms with E-state index in [1.165, 1.54) is 6.07 Å². The predicted octanol–water partition coefficient (Wildman–Crippen LogP) is 5.08. The Hall–Kier alpha value is -3.44. The summed E-state index contributed by atoms with van der Waals surface area (Å²) >= 11 is 0. The number of aryl methyl sites for hydroxylation is 1. The first-order valence-corrected chi connectivity index (χ1v) is 11.0. The van der Waals surface area contributed by atoms with Gasteiger partial charge in [0.05, 0.1) is 11.5 Å². The van der Waals surface area contributed by atoms with Gasteiger partial charge < -0.3 is 14.1 Å². The summed E-state index contributed by atoms with van der Waals surface area (Å²) in [6, 6.07) is 21.0. The highest BCUT2D eigenvalue weighted by atomic mass is 16.5. The summed E-state index contributed by atoms with van der Waals surface area (Å²) in [5, 5.41) is 2.72. The Balaban J connectivity index is 1.52. The second-order valence-electron chi connectivity index (χ2n) is 8.43. The molecule has 1 amide bonds. The van der Waals surface area contributed by atoms with Crippen molar-refractivity contribution in [1.29, 1.82) is 0 Å². The van der Waals surface area contributed by atoms with E-state index in [0.29, 0.717) is 30.7 Å². The number of carbonyl (C=O) groups is 1. The number of hydrogen-bond donors (Lipinski definition) is 0. The number of ether oxygens (including phenoxy) is 1. The first kappa shape index (κ1) is 20.5. The lowest BCUT2D eigenvalue weighted by molar-refractivity contribution is 0.0485. The smallest absolute Gasteiger partial charge is 0.290 e. The van der Waals surface area contributed by atoms with E-state index in [1.807, 2.05) is 37.3 Å². The summed E-state index contributed by atoms with van der Waals surface area (Å²) in [4.78, 5) is 28.0. The highest BCUT2D eigenvalue weighted by molar-refractivity contribution is 5.94. The van der Waals surface area contributed by atoms with Crippen LogP contribution in [0.5, 0.6) is 0 Å². The molecule has 1 aromatic heterocycles. The first-order valence-electron chi connectivity index (χ1n) is 11.0. The molecule has 1 aliphatic rings. The fraction of sp³-hybridized carbons (Fsp3) is 0.259. The second kappa shape index (κ2) is 8.60. The van der Waals surface area contributed by atoms with Crippen molar-refractivity contribution in [3.8, 4) is 0 Å². The predicted molar refractivity (Wildman–Crippen MR) is 125 cm³/mol. The maximum atomic E-state index is 13.6. The molecule has 1 fully saturated rings. The number of rotatable bonds is 5. The molecule has 4 aromatic rings. The zero-order chi connectivity index (χ0) is 22.1. The number of benzene rings is 3. The molecule has 2 heterocycles. The van der Waals surface area contributed by atoms with Gasteiger partial charge in [-0.3, -0.25) is 9.59 Å². The molecule has 0 radical (unpaired) electrons. The average molecular weight is 428 g/mol. The minimum absolute atomic E-state index is 0.0104. The molecule has 0 bridgehead atoms. The minimum atomic E-state index is -0.298. The summed E-state index contributed by atoms with van der Waals surface area (Å²) < 4.78 is 11.7. The molecule has 32 heavy (non-hydrogen) atoms. The molecule has 0 N–H and O–H groups in total. The highest BCUT2D eigenvalue weighted by Gasteiger charge is 2.26. The van der Waals surface area contributed by atoms with Gasteiger partial charge in [-0.25, -0.2) is 0 Å². The van der Waals surface area contributed by atoms with Crippen molar-refractivity contribution in [3.05, 3.63) is 93.8 Å². The zero-order valence-electron chi connectivity index (χ0n) is 18.0. The summed E-state index contributed by atoms with van der Waals surface area (Å²) in [5.41, 5.74) is 2.24. The van der Waals surface area contributed by atoms with Crippen LogP contribution in [-0.2, 0) is 11.3 Å². The third-order valence-electron chi connectivity index (χ3n) is 6.07. The Bertz CT molecular complexity index is 1350. The van der Waals surface area contributed by atoms with Gasteiger partial charge in [-0.15, -0.1) is 0 Å². The molecular weight excluding hydrogens is 402 g/mol. The van der Waals surface area contributed by atoms with E-state index < -0.39 is 0 Å². The first-order chi connectivity index (χ1) is 15.6. The largest absolute Gasteiger partial charge is 0.451 e. The summed E-state index contributed by atoms with van der Waals surface area (Å²) in [7, 11) is 0. The Labute approximate surface area is 186 Å². The van der Waals surface area contributed by atoms with Gasteiger partial charge in [0.2, 0.25) is 0 Å². The fourth-order valence-electron chi connectivity index (χ4n) is 4.42. The van der Waals surface area contributed by atoms with Crippen molar-refractivity contribution in [2.24, 2.45) is 0 Å². The van der Waals surface area contributed by atoms with E-state index in [1.54, 1.807) is 17.0 Å². The van der Waals surface area contributed by atoms with E-state index in [9.17, 15) is 9.59 Å². The van der Waals surface area contributed by atoms with E-state index in [0.717, 1.165) is 34.7 Å². The molecule has 3 aromatic carbocycles. The molecule has 0 spiro atoms. The van der Waals surface area contributed by atoms with Gasteiger partial charge in [0.1, 0.15) is 5.58 Å². The normalized spacial score (nSPS) is 16.0. The van der Waals surface area contributed by atoms with Crippen LogP contribution in [0.1, 0.15) is 34.5 Å². The van der Waals surface area contributed by atoms with Gasteiger partial charge >= 0.3 is 0 Å². The van der Waals surface area contributed by atoms with Crippen LogP contribution < -0.4 is 5.43 Å². The van der Waals surface area contributed by atoms with Crippen molar-refractivity contribution < 1.29 is 13.9 Å². The van der Waals surface area contributed by atoms with Crippen molar-refractivity contribution in [2.75, 3.05) is 13.2 Å². The third kappa shape index (κ3) is 4.04. The Morgan fingerprint density at radius 2 is 1.88 bits per heavy atom. The summed E-state index contributed by atoms with van der Waals surface area (Å²) in [6.45, 7) is 3.50. The van der Waals surface area contributed by atoms with Crippen molar-refractivity contribution >= 4 is 27.6 Å². The van der Waals surface area contributed by atoms with Crippen molar-refractivity contribution in [1.82, 2.24) is 4.90 Å². The van der Waals surface area contributed by atoms with E-state index >= 15 is 0 Å². The number of amides is 1. The third-order valence-corrected chi connectivity index (χ3v) is 6.07. The van der Waals surface area contributed by atoms with Gasteiger partial charge in [0.25, 0.3) is 5.91 Å². The molecule has 5 rings (SSSR count). The van der Waals surface area contributed by atoms with Crippen LogP contribution in [0.4, 0.5) is 0 Å². The fourth-order valence-corrected chi connectivity index (χ4v) is 4.42. The second-order valence-corrected chi connectivity index (χ2v) is 8.43. The Morgan fingerprint density at radius 1 is 1.03 bits per heavy atom. The molecule has 1 atom stereocenters. The quantitative estimate of drug-likeness (QED) is 0.446. The zero-order valence-corrected chi connectivity index (χ0v) is 18.0. The van der Waals surface area contributed by atoms with Gasteiger partial charge in [0, 0.05) is 25.8 Å². The van der Waals surface area contributed by atoms with Crippen LogP contribution in [0.25, 0.3) is 21.7 Å². The average Bonchev–Trinajstić information content (AvgIpc) is 3.32. The molecule has 0 unspecified atom stereocenters. The molecule has 1 aliphatic heterocycles. The standard InChI is InChI=1S/C27H25NO4/c1-18-11-12-25-23(14-18)24(29)15-26(32-25)27(30)28(17-21-9-5-13-31-21)16-20-8-4-7-19-6-2-3-10-22(19)20/h2-4,6-8,10-12,14-15,21H,5,9,13,16-17H2,1H3/t21-/m1/s1. The molecule has 1 saturated heterocycles. The molecule has 0 aliphatic carbocycles. The molecular formula is C27H25NO4. The van der Waals surface area contributed by atoms with Gasteiger partial charge in [-0.1, -0.05) is 54.1 Å². The van der Waals surface area contributed by atoms with Gasteiger partial charge in [0.15, 0.2) is 11.2 Å². The van der Waals surface area contributed by atoms with Crippen LogP contribution in [0.15, 0.2) is 75.9 Å². The lowest BCUT2D eigenvalue weighted by Gasteiger charge is -2.26.